The molecule has 1 unspecified atom stereocenters. The van der Waals surface area contributed by atoms with Gasteiger partial charge in [-0.25, -0.2) is 0 Å². The molecule has 0 spiro atoms. The van der Waals surface area contributed by atoms with E-state index in [0.717, 1.165) is 27.9 Å². The van der Waals surface area contributed by atoms with Crippen LogP contribution in [0.1, 0.15) is 23.8 Å². The van der Waals surface area contributed by atoms with Crippen LogP contribution in [0, 0.1) is 0 Å². The predicted molar refractivity (Wildman–Crippen MR) is 78.2 cm³/mol. The van der Waals surface area contributed by atoms with E-state index in [1.54, 1.807) is 13.3 Å². The SMILES string of the molecule is COc1ccc(CCC(O)c2ccccn2)cc1Br. The summed E-state index contributed by atoms with van der Waals surface area (Å²) in [4.78, 5) is 4.16. The van der Waals surface area contributed by atoms with E-state index in [-0.39, 0.29) is 0 Å². The molecule has 19 heavy (non-hydrogen) atoms. The Labute approximate surface area is 121 Å². The van der Waals surface area contributed by atoms with Crippen molar-refractivity contribution in [1.82, 2.24) is 4.98 Å². The summed E-state index contributed by atoms with van der Waals surface area (Å²) in [6.45, 7) is 0. The molecule has 0 aliphatic rings. The minimum atomic E-state index is -0.526. The maximum absolute atomic E-state index is 10.1. The first-order chi connectivity index (χ1) is 9.20. The Morgan fingerprint density at radius 3 is 2.79 bits per heavy atom. The monoisotopic (exact) mass is 321 g/mol. The summed E-state index contributed by atoms with van der Waals surface area (Å²) >= 11 is 3.46. The zero-order valence-electron chi connectivity index (χ0n) is 10.7. The first kappa shape index (κ1) is 14.0. The molecule has 1 atom stereocenters. The molecule has 1 heterocycles. The summed E-state index contributed by atoms with van der Waals surface area (Å²) < 4.78 is 6.12. The number of aryl methyl sites for hydroxylation is 1. The van der Waals surface area contributed by atoms with Gasteiger partial charge in [0.25, 0.3) is 0 Å². The number of hydrogen-bond acceptors (Lipinski definition) is 3. The van der Waals surface area contributed by atoms with Crippen molar-refractivity contribution >= 4 is 15.9 Å². The van der Waals surface area contributed by atoms with Gasteiger partial charge < -0.3 is 9.84 Å². The zero-order chi connectivity index (χ0) is 13.7. The van der Waals surface area contributed by atoms with Crippen LogP contribution in [0.4, 0.5) is 0 Å². The topological polar surface area (TPSA) is 42.4 Å². The number of rotatable bonds is 5. The van der Waals surface area contributed by atoms with E-state index in [1.165, 1.54) is 0 Å². The Bertz CT molecular complexity index is 531. The number of benzene rings is 1. The van der Waals surface area contributed by atoms with E-state index in [9.17, 15) is 5.11 Å². The largest absolute Gasteiger partial charge is 0.496 e. The fraction of sp³-hybridized carbons (Fsp3) is 0.267. The lowest BCUT2D eigenvalue weighted by Gasteiger charge is -2.10. The van der Waals surface area contributed by atoms with Crippen LogP contribution in [0.3, 0.4) is 0 Å². The van der Waals surface area contributed by atoms with E-state index < -0.39 is 6.10 Å². The second-order valence-corrected chi connectivity index (χ2v) is 5.13. The lowest BCUT2D eigenvalue weighted by atomic mass is 10.0. The number of pyridine rings is 1. The molecule has 2 aromatic rings. The van der Waals surface area contributed by atoms with Crippen molar-refractivity contribution in [2.45, 2.75) is 18.9 Å². The second-order valence-electron chi connectivity index (χ2n) is 4.28. The highest BCUT2D eigenvalue weighted by atomic mass is 79.9. The van der Waals surface area contributed by atoms with E-state index in [2.05, 4.69) is 20.9 Å². The van der Waals surface area contributed by atoms with Crippen LogP contribution in [0.25, 0.3) is 0 Å². The Kier molecular flexibility index (Phi) is 4.93. The van der Waals surface area contributed by atoms with Crippen molar-refractivity contribution in [1.29, 1.82) is 0 Å². The lowest BCUT2D eigenvalue weighted by molar-refractivity contribution is 0.163. The van der Waals surface area contributed by atoms with Gasteiger partial charge in [-0.15, -0.1) is 0 Å². The number of aliphatic hydroxyl groups is 1. The van der Waals surface area contributed by atoms with Gasteiger partial charge in [0.15, 0.2) is 0 Å². The molecule has 1 aromatic heterocycles. The van der Waals surface area contributed by atoms with Crippen molar-refractivity contribution in [2.75, 3.05) is 7.11 Å². The van der Waals surface area contributed by atoms with Gasteiger partial charge in [0.2, 0.25) is 0 Å². The Morgan fingerprint density at radius 1 is 1.32 bits per heavy atom. The van der Waals surface area contributed by atoms with Crippen molar-refractivity contribution in [3.63, 3.8) is 0 Å². The molecule has 0 saturated heterocycles. The summed E-state index contributed by atoms with van der Waals surface area (Å²) in [6.07, 6.45) is 2.61. The Hall–Kier alpha value is -1.39. The first-order valence-corrected chi connectivity index (χ1v) is 6.91. The number of aliphatic hydroxyl groups excluding tert-OH is 1. The summed E-state index contributed by atoms with van der Waals surface area (Å²) in [7, 11) is 1.64. The fourth-order valence-electron chi connectivity index (χ4n) is 1.89. The highest BCUT2D eigenvalue weighted by molar-refractivity contribution is 9.10. The van der Waals surface area contributed by atoms with Crippen LogP contribution in [0.5, 0.6) is 5.75 Å². The molecule has 0 bridgehead atoms. The number of methoxy groups -OCH3 is 1. The van der Waals surface area contributed by atoms with Crippen LogP contribution in [-0.2, 0) is 6.42 Å². The first-order valence-electron chi connectivity index (χ1n) is 6.12. The van der Waals surface area contributed by atoms with Gasteiger partial charge in [0, 0.05) is 6.20 Å². The van der Waals surface area contributed by atoms with Crippen LogP contribution in [0.15, 0.2) is 47.1 Å². The molecule has 0 radical (unpaired) electrons. The molecule has 0 aliphatic heterocycles. The molecule has 100 valence electrons. The minimum absolute atomic E-state index is 0.526. The maximum Gasteiger partial charge on any atom is 0.133 e. The van der Waals surface area contributed by atoms with Gasteiger partial charge in [-0.3, -0.25) is 4.98 Å². The standard InChI is InChI=1S/C15H16BrNO2/c1-19-15-8-6-11(10-12(15)16)5-7-14(18)13-4-2-3-9-17-13/h2-4,6,8-10,14,18H,5,7H2,1H3. The van der Waals surface area contributed by atoms with Gasteiger partial charge in [-0.1, -0.05) is 12.1 Å². The van der Waals surface area contributed by atoms with Crippen LogP contribution >= 0.6 is 15.9 Å². The normalized spacial score (nSPS) is 12.2. The van der Waals surface area contributed by atoms with Crippen LogP contribution in [0.2, 0.25) is 0 Å². The third-order valence-electron chi connectivity index (χ3n) is 2.95. The second kappa shape index (κ2) is 6.68. The highest BCUT2D eigenvalue weighted by Gasteiger charge is 2.09. The average molecular weight is 322 g/mol. The average Bonchev–Trinajstić information content (AvgIpc) is 2.46. The molecule has 1 N–H and O–H groups in total. The van der Waals surface area contributed by atoms with E-state index >= 15 is 0 Å². The third-order valence-corrected chi connectivity index (χ3v) is 3.57. The van der Waals surface area contributed by atoms with Crippen molar-refractivity contribution in [3.8, 4) is 5.75 Å². The number of nitrogens with zero attached hydrogens (tertiary/aromatic N) is 1. The molecule has 4 heteroatoms. The molecule has 3 nitrogen and oxygen atoms in total. The summed E-state index contributed by atoms with van der Waals surface area (Å²) in [5.41, 5.74) is 1.87. The maximum atomic E-state index is 10.1. The van der Waals surface area contributed by atoms with Gasteiger partial charge in [0.05, 0.1) is 23.4 Å². The number of hydrogen-bond donors (Lipinski definition) is 1. The molecular weight excluding hydrogens is 306 g/mol. The molecular formula is C15H16BrNO2. The molecule has 1 aromatic carbocycles. The van der Waals surface area contributed by atoms with E-state index in [0.29, 0.717) is 6.42 Å². The van der Waals surface area contributed by atoms with Crippen molar-refractivity contribution in [3.05, 3.63) is 58.3 Å². The molecule has 2 rings (SSSR count). The quantitative estimate of drug-likeness (QED) is 0.916. The van der Waals surface area contributed by atoms with E-state index in [4.69, 9.17) is 4.74 Å². The summed E-state index contributed by atoms with van der Waals surface area (Å²) in [5, 5.41) is 10.1. The molecule has 0 aliphatic carbocycles. The van der Waals surface area contributed by atoms with Gasteiger partial charge in [0.1, 0.15) is 5.75 Å². The van der Waals surface area contributed by atoms with E-state index in [1.807, 2.05) is 36.4 Å². The fourth-order valence-corrected chi connectivity index (χ4v) is 2.48. The summed E-state index contributed by atoms with van der Waals surface area (Å²) in [6, 6.07) is 11.5. The Balaban J connectivity index is 1.97. The predicted octanol–water partition coefficient (Wildman–Crippen LogP) is 3.52. The van der Waals surface area contributed by atoms with Crippen LogP contribution in [-0.4, -0.2) is 17.2 Å². The third kappa shape index (κ3) is 3.78. The van der Waals surface area contributed by atoms with Crippen LogP contribution < -0.4 is 4.74 Å². The smallest absolute Gasteiger partial charge is 0.133 e. The molecule has 0 fully saturated rings. The minimum Gasteiger partial charge on any atom is -0.496 e. The van der Waals surface area contributed by atoms with Crippen molar-refractivity contribution < 1.29 is 9.84 Å². The summed E-state index contributed by atoms with van der Waals surface area (Å²) in [5.74, 6) is 0.814. The number of halogens is 1. The lowest BCUT2D eigenvalue weighted by Crippen LogP contribution is -2.01. The highest BCUT2D eigenvalue weighted by Crippen LogP contribution is 2.27. The van der Waals surface area contributed by atoms with Gasteiger partial charge in [-0.05, 0) is 58.6 Å². The Morgan fingerprint density at radius 2 is 2.16 bits per heavy atom. The van der Waals surface area contributed by atoms with Crippen molar-refractivity contribution in [2.24, 2.45) is 0 Å². The van der Waals surface area contributed by atoms with Gasteiger partial charge >= 0.3 is 0 Å². The number of ether oxygens (including phenoxy) is 1. The zero-order valence-corrected chi connectivity index (χ0v) is 12.3. The van der Waals surface area contributed by atoms with Gasteiger partial charge in [-0.2, -0.15) is 0 Å². The molecule has 0 saturated carbocycles. The number of aromatic nitrogens is 1. The molecule has 0 amide bonds.